The van der Waals surface area contributed by atoms with Gasteiger partial charge in [0, 0.05) is 0 Å². The molecular weight excluding hydrogens is 166 g/mol. The van der Waals surface area contributed by atoms with Crippen LogP contribution in [0.25, 0.3) is 0 Å². The molecule has 0 aromatic heterocycles. The Labute approximate surface area is 79.3 Å². The maximum Gasteiger partial charge on any atom is 0.303 e. The molecule has 0 aromatic carbocycles. The van der Waals surface area contributed by atoms with Crippen molar-refractivity contribution in [3.63, 3.8) is 0 Å². The molecule has 0 saturated heterocycles. The Hall–Kier alpha value is -0.570. The molecule has 3 heteroatoms. The lowest BCUT2D eigenvalue weighted by Gasteiger charge is -2.35. The lowest BCUT2D eigenvalue weighted by atomic mass is 9.70. The highest BCUT2D eigenvalue weighted by Crippen LogP contribution is 2.41. The summed E-state index contributed by atoms with van der Waals surface area (Å²) in [6, 6.07) is 0. The Bertz CT molecular complexity index is 168. The Morgan fingerprint density at radius 1 is 1.31 bits per heavy atom. The summed E-state index contributed by atoms with van der Waals surface area (Å²) in [7, 11) is 0. The van der Waals surface area contributed by atoms with E-state index in [1.54, 1.807) is 0 Å². The van der Waals surface area contributed by atoms with Gasteiger partial charge in [0.15, 0.2) is 0 Å². The van der Waals surface area contributed by atoms with E-state index in [-0.39, 0.29) is 5.41 Å². The molecule has 0 radical (unpaired) electrons. The van der Waals surface area contributed by atoms with Crippen molar-refractivity contribution in [2.45, 2.75) is 44.9 Å². The lowest BCUT2D eigenvalue weighted by Crippen LogP contribution is -2.29. The van der Waals surface area contributed by atoms with Crippen molar-refractivity contribution in [1.82, 2.24) is 0 Å². The molecule has 0 spiro atoms. The molecular formula is C10H19NO2. The van der Waals surface area contributed by atoms with Gasteiger partial charge in [-0.15, -0.1) is 0 Å². The number of nitrogens with two attached hydrogens (primary N) is 1. The fraction of sp³-hybridized carbons (Fsp3) is 0.900. The molecule has 1 rings (SSSR count). The van der Waals surface area contributed by atoms with Crippen molar-refractivity contribution in [2.24, 2.45) is 11.1 Å². The smallest absolute Gasteiger partial charge is 0.303 e. The molecule has 76 valence electrons. The number of rotatable bonds is 4. The van der Waals surface area contributed by atoms with Crippen molar-refractivity contribution in [2.75, 3.05) is 6.54 Å². The Balaban J connectivity index is 2.55. The average molecular weight is 185 g/mol. The molecule has 0 unspecified atom stereocenters. The van der Waals surface area contributed by atoms with E-state index in [2.05, 4.69) is 0 Å². The van der Waals surface area contributed by atoms with Crippen LogP contribution < -0.4 is 5.73 Å². The van der Waals surface area contributed by atoms with Crippen LogP contribution in [0.4, 0.5) is 0 Å². The third kappa shape index (κ3) is 2.99. The van der Waals surface area contributed by atoms with Crippen LogP contribution in [0.2, 0.25) is 0 Å². The number of carbonyl (C=O) groups is 1. The van der Waals surface area contributed by atoms with E-state index in [1.807, 2.05) is 0 Å². The van der Waals surface area contributed by atoms with E-state index >= 15 is 0 Å². The number of aliphatic carboxylic acids is 1. The van der Waals surface area contributed by atoms with E-state index in [4.69, 9.17) is 10.8 Å². The zero-order valence-corrected chi connectivity index (χ0v) is 8.09. The molecule has 3 N–H and O–H groups in total. The second kappa shape index (κ2) is 4.61. The van der Waals surface area contributed by atoms with Gasteiger partial charge in [-0.25, -0.2) is 0 Å². The zero-order valence-electron chi connectivity index (χ0n) is 8.09. The molecule has 0 bridgehead atoms. The van der Waals surface area contributed by atoms with Crippen molar-refractivity contribution in [1.29, 1.82) is 0 Å². The quantitative estimate of drug-likeness (QED) is 0.701. The molecule has 0 atom stereocenters. The predicted molar refractivity (Wildman–Crippen MR) is 51.4 cm³/mol. The number of carboxylic acid groups (broad SMARTS) is 1. The number of hydrogen-bond donors (Lipinski definition) is 2. The molecule has 1 aliphatic carbocycles. The zero-order chi connectivity index (χ0) is 9.73. The van der Waals surface area contributed by atoms with Gasteiger partial charge in [-0.3, -0.25) is 4.79 Å². The standard InChI is InChI=1S/C10H19NO2/c11-7-6-10(8-9(12)13)4-2-1-3-5-10/h1-8,11H2,(H,12,13). The summed E-state index contributed by atoms with van der Waals surface area (Å²) in [5.74, 6) is -0.671. The first kappa shape index (κ1) is 10.5. The summed E-state index contributed by atoms with van der Waals surface area (Å²) in [6.45, 7) is 0.618. The first-order valence-corrected chi connectivity index (χ1v) is 5.10. The van der Waals surface area contributed by atoms with Crippen LogP contribution in [0.5, 0.6) is 0 Å². The summed E-state index contributed by atoms with van der Waals surface area (Å²) in [5.41, 5.74) is 5.55. The van der Waals surface area contributed by atoms with Gasteiger partial charge in [0.2, 0.25) is 0 Å². The Morgan fingerprint density at radius 3 is 2.38 bits per heavy atom. The van der Waals surface area contributed by atoms with Gasteiger partial charge in [-0.05, 0) is 31.2 Å². The topological polar surface area (TPSA) is 63.3 Å². The van der Waals surface area contributed by atoms with E-state index in [1.165, 1.54) is 19.3 Å². The normalized spacial score (nSPS) is 21.3. The second-order valence-corrected chi connectivity index (χ2v) is 4.17. The molecule has 1 fully saturated rings. The second-order valence-electron chi connectivity index (χ2n) is 4.17. The van der Waals surface area contributed by atoms with Crippen molar-refractivity contribution in [3.8, 4) is 0 Å². The molecule has 1 aliphatic rings. The SMILES string of the molecule is NCCC1(CC(=O)O)CCCCC1. The van der Waals surface area contributed by atoms with Crippen LogP contribution in [-0.4, -0.2) is 17.6 Å². The monoisotopic (exact) mass is 185 g/mol. The van der Waals surface area contributed by atoms with Gasteiger partial charge in [0.25, 0.3) is 0 Å². The summed E-state index contributed by atoms with van der Waals surface area (Å²) in [6.07, 6.45) is 6.89. The highest BCUT2D eigenvalue weighted by atomic mass is 16.4. The van der Waals surface area contributed by atoms with E-state index in [0.29, 0.717) is 13.0 Å². The van der Waals surface area contributed by atoms with Crippen LogP contribution >= 0.6 is 0 Å². The summed E-state index contributed by atoms with van der Waals surface area (Å²) < 4.78 is 0. The molecule has 0 heterocycles. The van der Waals surface area contributed by atoms with E-state index < -0.39 is 5.97 Å². The fourth-order valence-electron chi connectivity index (χ4n) is 2.44. The van der Waals surface area contributed by atoms with Gasteiger partial charge in [0.1, 0.15) is 0 Å². The first-order chi connectivity index (χ1) is 6.18. The van der Waals surface area contributed by atoms with Gasteiger partial charge in [0.05, 0.1) is 6.42 Å². The average Bonchev–Trinajstić information content (AvgIpc) is 2.04. The van der Waals surface area contributed by atoms with Crippen LogP contribution in [0.1, 0.15) is 44.9 Å². The van der Waals surface area contributed by atoms with Crippen molar-refractivity contribution >= 4 is 5.97 Å². The van der Waals surface area contributed by atoms with Gasteiger partial charge >= 0.3 is 5.97 Å². The summed E-state index contributed by atoms with van der Waals surface area (Å²) >= 11 is 0. The fourth-order valence-corrected chi connectivity index (χ4v) is 2.44. The molecule has 0 aromatic rings. The van der Waals surface area contributed by atoms with Gasteiger partial charge in [-0.2, -0.15) is 0 Å². The van der Waals surface area contributed by atoms with Crippen molar-refractivity contribution in [3.05, 3.63) is 0 Å². The maximum atomic E-state index is 10.7. The molecule has 0 amide bonds. The lowest BCUT2D eigenvalue weighted by molar-refractivity contribution is -0.140. The molecule has 0 aliphatic heterocycles. The summed E-state index contributed by atoms with van der Waals surface area (Å²) in [5, 5.41) is 8.82. The Kier molecular flexibility index (Phi) is 3.72. The third-order valence-electron chi connectivity index (χ3n) is 3.12. The molecule has 13 heavy (non-hydrogen) atoms. The third-order valence-corrected chi connectivity index (χ3v) is 3.12. The Morgan fingerprint density at radius 2 is 1.92 bits per heavy atom. The van der Waals surface area contributed by atoms with E-state index in [9.17, 15) is 4.79 Å². The summed E-state index contributed by atoms with van der Waals surface area (Å²) in [4.78, 5) is 10.7. The van der Waals surface area contributed by atoms with Crippen LogP contribution in [-0.2, 0) is 4.79 Å². The number of carboxylic acids is 1. The van der Waals surface area contributed by atoms with Crippen LogP contribution in [0.3, 0.4) is 0 Å². The molecule has 3 nitrogen and oxygen atoms in total. The van der Waals surface area contributed by atoms with Crippen LogP contribution in [0, 0.1) is 5.41 Å². The minimum atomic E-state index is -0.671. The highest BCUT2D eigenvalue weighted by molar-refractivity contribution is 5.67. The maximum absolute atomic E-state index is 10.7. The molecule has 1 saturated carbocycles. The first-order valence-electron chi connectivity index (χ1n) is 5.10. The highest BCUT2D eigenvalue weighted by Gasteiger charge is 2.33. The minimum absolute atomic E-state index is 0.0266. The van der Waals surface area contributed by atoms with Gasteiger partial charge in [-0.1, -0.05) is 19.3 Å². The predicted octanol–water partition coefficient (Wildman–Crippen LogP) is 1.76. The largest absolute Gasteiger partial charge is 0.481 e. The van der Waals surface area contributed by atoms with E-state index in [0.717, 1.165) is 19.3 Å². The minimum Gasteiger partial charge on any atom is -0.481 e. The number of hydrogen-bond acceptors (Lipinski definition) is 2. The van der Waals surface area contributed by atoms with Gasteiger partial charge < -0.3 is 10.8 Å². The van der Waals surface area contributed by atoms with Crippen molar-refractivity contribution < 1.29 is 9.90 Å². The van der Waals surface area contributed by atoms with Crippen LogP contribution in [0.15, 0.2) is 0 Å².